The number of rotatable bonds is 4. The van der Waals surface area contributed by atoms with Crippen LogP contribution in [0.3, 0.4) is 0 Å². The number of fused-ring (bicyclic) bond motifs is 2. The molecule has 2 aromatic carbocycles. The molecule has 11 heteroatoms. The lowest BCUT2D eigenvalue weighted by Gasteiger charge is -2.27. The Kier molecular flexibility index (Phi) is 6.09. The summed E-state index contributed by atoms with van der Waals surface area (Å²) in [5.41, 5.74) is 14.6. The van der Waals surface area contributed by atoms with E-state index in [1.165, 1.54) is 0 Å². The molecule has 0 fully saturated rings. The molecular formula is C19H23ClN6O3S. The Morgan fingerprint density at radius 1 is 1.17 bits per heavy atom. The lowest BCUT2D eigenvalue weighted by atomic mass is 10.1. The van der Waals surface area contributed by atoms with Gasteiger partial charge in [0.25, 0.3) is 10.0 Å². The molecule has 0 saturated carbocycles. The fourth-order valence-corrected chi connectivity index (χ4v) is 4.52. The first-order valence-corrected chi connectivity index (χ1v) is 10.6. The Morgan fingerprint density at radius 3 is 2.73 bits per heavy atom. The molecule has 160 valence electrons. The summed E-state index contributed by atoms with van der Waals surface area (Å²) in [6.45, 7) is 1.28. The molecule has 9 nitrogen and oxygen atoms in total. The maximum Gasteiger partial charge on any atom is 0.262 e. The van der Waals surface area contributed by atoms with E-state index in [2.05, 4.69) is 14.9 Å². The molecule has 0 bridgehead atoms. The van der Waals surface area contributed by atoms with Crippen LogP contribution < -0.4 is 25.8 Å². The highest BCUT2D eigenvalue weighted by Gasteiger charge is 2.23. The summed E-state index contributed by atoms with van der Waals surface area (Å²) < 4.78 is 34.0. The third kappa shape index (κ3) is 4.29. The zero-order chi connectivity index (χ0) is 20.6. The molecule has 1 heterocycles. The second-order valence-electron chi connectivity index (χ2n) is 6.95. The van der Waals surface area contributed by atoms with E-state index in [0.29, 0.717) is 24.5 Å². The number of sulfonamides is 1. The molecule has 0 aromatic heterocycles. The van der Waals surface area contributed by atoms with E-state index in [-0.39, 0.29) is 23.3 Å². The van der Waals surface area contributed by atoms with Gasteiger partial charge in [0.15, 0.2) is 0 Å². The SMILES string of the molecule is CN1CCOc2cc(S(=O)(=O)Nc3ccc4c(c3)/C(=N/N=C(N)N)CC4)ccc21.Cl. The molecule has 5 N–H and O–H groups in total. The van der Waals surface area contributed by atoms with Crippen molar-refractivity contribution in [2.24, 2.45) is 21.7 Å². The number of anilines is 2. The molecule has 1 aliphatic carbocycles. The Balaban J connectivity index is 0.00000256. The van der Waals surface area contributed by atoms with Crippen LogP contribution in [0, 0.1) is 0 Å². The first-order valence-electron chi connectivity index (χ1n) is 9.13. The molecule has 2 aliphatic rings. The first-order chi connectivity index (χ1) is 13.8. The second kappa shape index (κ2) is 8.41. The molecule has 0 atom stereocenters. The first kappa shape index (κ1) is 21.7. The minimum atomic E-state index is -3.78. The summed E-state index contributed by atoms with van der Waals surface area (Å²) in [4.78, 5) is 2.17. The summed E-state index contributed by atoms with van der Waals surface area (Å²) in [6.07, 6.45) is 1.49. The molecule has 4 rings (SSSR count). The second-order valence-corrected chi connectivity index (χ2v) is 8.63. The number of hydrogen-bond donors (Lipinski definition) is 3. The van der Waals surface area contributed by atoms with E-state index < -0.39 is 10.0 Å². The standard InChI is InChI=1S/C19H22N6O3S.ClH/c1-25-8-9-28-18-11-14(5-7-17(18)25)29(26,27)24-13-4-2-12-3-6-16(15(12)10-13)22-23-19(20)21;/h2,4-5,7,10-11,24H,3,6,8-9H2,1H3,(H4,20,21,23);1H/b22-16+;. The molecular weight excluding hydrogens is 428 g/mol. The Morgan fingerprint density at radius 2 is 1.97 bits per heavy atom. The highest BCUT2D eigenvalue weighted by atomic mass is 35.5. The lowest BCUT2D eigenvalue weighted by molar-refractivity contribution is 0.310. The number of ether oxygens (including phenoxy) is 1. The van der Waals surface area contributed by atoms with E-state index in [1.54, 1.807) is 30.3 Å². The van der Waals surface area contributed by atoms with E-state index in [9.17, 15) is 8.42 Å². The summed E-state index contributed by atoms with van der Waals surface area (Å²) in [5, 5.41) is 7.78. The molecule has 2 aromatic rings. The van der Waals surface area contributed by atoms with Crippen LogP contribution in [0.2, 0.25) is 0 Å². The zero-order valence-corrected chi connectivity index (χ0v) is 18.0. The minimum absolute atomic E-state index is 0. The Labute approximate surface area is 181 Å². The van der Waals surface area contributed by atoms with Gasteiger partial charge in [0.1, 0.15) is 12.4 Å². The minimum Gasteiger partial charge on any atom is -0.490 e. The van der Waals surface area contributed by atoms with Crippen molar-refractivity contribution in [3.05, 3.63) is 47.5 Å². The van der Waals surface area contributed by atoms with Crippen molar-refractivity contribution in [1.82, 2.24) is 0 Å². The van der Waals surface area contributed by atoms with Gasteiger partial charge in [0, 0.05) is 24.4 Å². The number of nitrogens with one attached hydrogen (secondary N) is 1. The van der Waals surface area contributed by atoms with Gasteiger partial charge in [-0.05, 0) is 42.7 Å². The quantitative estimate of drug-likeness (QED) is 0.368. The average molecular weight is 451 g/mol. The van der Waals surface area contributed by atoms with Gasteiger partial charge in [-0.15, -0.1) is 17.5 Å². The van der Waals surface area contributed by atoms with Crippen molar-refractivity contribution in [2.75, 3.05) is 29.8 Å². The van der Waals surface area contributed by atoms with Crippen LogP contribution >= 0.6 is 12.4 Å². The van der Waals surface area contributed by atoms with E-state index in [0.717, 1.165) is 35.5 Å². The highest BCUT2D eigenvalue weighted by molar-refractivity contribution is 7.92. The topological polar surface area (TPSA) is 135 Å². The van der Waals surface area contributed by atoms with Crippen LogP contribution in [0.5, 0.6) is 5.75 Å². The Bertz CT molecular complexity index is 1130. The maximum atomic E-state index is 12.9. The van der Waals surface area contributed by atoms with Gasteiger partial charge in [-0.25, -0.2) is 8.42 Å². The Hall–Kier alpha value is -2.98. The normalized spacial score (nSPS) is 16.2. The van der Waals surface area contributed by atoms with Crippen LogP contribution in [0.15, 0.2) is 51.5 Å². The summed E-state index contributed by atoms with van der Waals surface area (Å²) >= 11 is 0. The van der Waals surface area contributed by atoms with Gasteiger partial charge >= 0.3 is 0 Å². The van der Waals surface area contributed by atoms with Crippen LogP contribution in [-0.4, -0.2) is 40.3 Å². The van der Waals surface area contributed by atoms with Gasteiger partial charge in [-0.3, -0.25) is 4.72 Å². The predicted molar refractivity (Wildman–Crippen MR) is 120 cm³/mol. The molecule has 0 unspecified atom stereocenters. The number of nitrogens with zero attached hydrogens (tertiary/aromatic N) is 3. The predicted octanol–water partition coefficient (Wildman–Crippen LogP) is 1.66. The van der Waals surface area contributed by atoms with Gasteiger partial charge in [-0.1, -0.05) is 6.07 Å². The molecule has 1 aliphatic heterocycles. The largest absolute Gasteiger partial charge is 0.490 e. The van der Waals surface area contributed by atoms with Crippen molar-refractivity contribution >= 4 is 45.5 Å². The van der Waals surface area contributed by atoms with Crippen molar-refractivity contribution in [3.63, 3.8) is 0 Å². The number of halogens is 1. The number of aryl methyl sites for hydroxylation is 1. The molecule has 0 amide bonds. The summed E-state index contributed by atoms with van der Waals surface area (Å²) in [7, 11) is -1.84. The third-order valence-corrected chi connectivity index (χ3v) is 6.31. The summed E-state index contributed by atoms with van der Waals surface area (Å²) in [6, 6.07) is 10.3. The van der Waals surface area contributed by atoms with Crippen molar-refractivity contribution in [1.29, 1.82) is 0 Å². The monoisotopic (exact) mass is 450 g/mol. The van der Waals surface area contributed by atoms with Gasteiger partial charge in [0.05, 0.1) is 22.8 Å². The smallest absolute Gasteiger partial charge is 0.262 e. The zero-order valence-electron chi connectivity index (χ0n) is 16.3. The number of guanidine groups is 1. The van der Waals surface area contributed by atoms with Crippen LogP contribution in [0.1, 0.15) is 17.5 Å². The van der Waals surface area contributed by atoms with Gasteiger partial charge in [0.2, 0.25) is 5.96 Å². The van der Waals surface area contributed by atoms with Crippen molar-refractivity contribution in [2.45, 2.75) is 17.7 Å². The molecule has 0 radical (unpaired) electrons. The molecule has 30 heavy (non-hydrogen) atoms. The fraction of sp³-hybridized carbons (Fsp3) is 0.263. The number of likely N-dealkylation sites (N-methyl/N-ethyl adjacent to an activating group) is 1. The van der Waals surface area contributed by atoms with E-state index in [1.807, 2.05) is 18.0 Å². The summed E-state index contributed by atoms with van der Waals surface area (Å²) in [5.74, 6) is 0.435. The van der Waals surface area contributed by atoms with Crippen LogP contribution in [0.25, 0.3) is 0 Å². The van der Waals surface area contributed by atoms with E-state index >= 15 is 0 Å². The maximum absolute atomic E-state index is 12.9. The number of hydrogen-bond acceptors (Lipinski definition) is 6. The average Bonchev–Trinajstić information content (AvgIpc) is 3.08. The van der Waals surface area contributed by atoms with Crippen molar-refractivity contribution in [3.8, 4) is 5.75 Å². The third-order valence-electron chi connectivity index (χ3n) is 4.93. The van der Waals surface area contributed by atoms with E-state index in [4.69, 9.17) is 16.2 Å². The number of nitrogens with two attached hydrogens (primary N) is 2. The molecule has 0 spiro atoms. The number of benzene rings is 2. The van der Waals surface area contributed by atoms with Crippen LogP contribution in [-0.2, 0) is 16.4 Å². The molecule has 0 saturated heterocycles. The van der Waals surface area contributed by atoms with Crippen LogP contribution in [0.4, 0.5) is 11.4 Å². The lowest BCUT2D eigenvalue weighted by Crippen LogP contribution is -2.29. The van der Waals surface area contributed by atoms with Gasteiger partial charge < -0.3 is 21.1 Å². The van der Waals surface area contributed by atoms with Crippen molar-refractivity contribution < 1.29 is 13.2 Å². The fourth-order valence-electron chi connectivity index (χ4n) is 3.46. The van der Waals surface area contributed by atoms with Gasteiger partial charge in [-0.2, -0.15) is 5.10 Å². The highest BCUT2D eigenvalue weighted by Crippen LogP contribution is 2.33.